The van der Waals surface area contributed by atoms with E-state index in [4.69, 9.17) is 0 Å². The highest BCUT2D eigenvalue weighted by Crippen LogP contribution is 2.20. The highest BCUT2D eigenvalue weighted by Gasteiger charge is 2.23. The number of amides is 2. The van der Waals surface area contributed by atoms with Crippen LogP contribution in [0.25, 0.3) is 11.1 Å². The van der Waals surface area contributed by atoms with Crippen LogP contribution in [-0.2, 0) is 17.9 Å². The minimum absolute atomic E-state index is 0.0137. The molecule has 4 rings (SSSR count). The molecule has 0 N–H and O–H groups in total. The summed E-state index contributed by atoms with van der Waals surface area (Å²) in [6.45, 7) is 6.80. The van der Waals surface area contributed by atoms with Gasteiger partial charge in [-0.1, -0.05) is 97.2 Å². The Hall–Kier alpha value is -3.64. The number of aromatic nitrogens is 1. The van der Waals surface area contributed by atoms with Crippen molar-refractivity contribution < 1.29 is 9.59 Å². The lowest BCUT2D eigenvalue weighted by Crippen LogP contribution is -2.43. The van der Waals surface area contributed by atoms with E-state index >= 15 is 0 Å². The van der Waals surface area contributed by atoms with Crippen LogP contribution in [0.15, 0.2) is 102 Å². The quantitative estimate of drug-likeness (QED) is 0.144. The lowest BCUT2D eigenvalue weighted by molar-refractivity contribution is -0.132. The maximum atomic E-state index is 13.7. The molecule has 0 aliphatic heterocycles. The molecule has 0 unspecified atom stereocenters. The second kappa shape index (κ2) is 15.4. The molecular weight excluding hydrogens is 574 g/mol. The summed E-state index contributed by atoms with van der Waals surface area (Å²) < 4.78 is 3.25. The first kappa shape index (κ1) is 30.3. The fraction of sp³-hybridized carbons (Fsp3) is 0.314. The van der Waals surface area contributed by atoms with E-state index in [9.17, 15) is 9.59 Å². The van der Waals surface area contributed by atoms with Crippen LogP contribution >= 0.6 is 15.9 Å². The highest BCUT2D eigenvalue weighted by molar-refractivity contribution is 9.10. The van der Waals surface area contributed by atoms with Crippen molar-refractivity contribution in [1.82, 2.24) is 14.4 Å². The Morgan fingerprint density at radius 3 is 2.02 bits per heavy atom. The molecule has 0 saturated heterocycles. The number of benzene rings is 3. The largest absolute Gasteiger partial charge is 0.345 e. The number of unbranched alkanes of at least 4 members (excludes halogenated alkanes) is 2. The number of carbonyl (C=O) groups is 2. The van der Waals surface area contributed by atoms with Gasteiger partial charge in [0.2, 0.25) is 5.91 Å². The molecule has 2 amide bonds. The van der Waals surface area contributed by atoms with Crippen molar-refractivity contribution in [3.63, 3.8) is 0 Å². The molecule has 41 heavy (non-hydrogen) atoms. The summed E-state index contributed by atoms with van der Waals surface area (Å²) in [5, 5.41) is 0. The molecule has 4 aromatic rings. The summed E-state index contributed by atoms with van der Waals surface area (Å²) in [5.41, 5.74) is 5.07. The molecule has 0 aliphatic rings. The minimum atomic E-state index is -0.0968. The van der Waals surface area contributed by atoms with Gasteiger partial charge in [0.15, 0.2) is 0 Å². The van der Waals surface area contributed by atoms with Gasteiger partial charge in [0.05, 0.1) is 6.54 Å². The topological polar surface area (TPSA) is 45.6 Å². The summed E-state index contributed by atoms with van der Waals surface area (Å²) in [7, 11) is 0. The third-order valence-electron chi connectivity index (χ3n) is 7.31. The van der Waals surface area contributed by atoms with Gasteiger partial charge in [-0.15, -0.1) is 0 Å². The number of hydrogen-bond donors (Lipinski definition) is 0. The number of carbonyl (C=O) groups excluding carboxylic acids is 2. The van der Waals surface area contributed by atoms with E-state index in [0.29, 0.717) is 25.2 Å². The Labute approximate surface area is 252 Å². The van der Waals surface area contributed by atoms with Gasteiger partial charge in [0.25, 0.3) is 5.91 Å². The van der Waals surface area contributed by atoms with E-state index in [0.717, 1.165) is 53.5 Å². The van der Waals surface area contributed by atoms with Gasteiger partial charge in [-0.2, -0.15) is 0 Å². The predicted octanol–water partition coefficient (Wildman–Crippen LogP) is 8.04. The minimum Gasteiger partial charge on any atom is -0.345 e. The van der Waals surface area contributed by atoms with Crippen molar-refractivity contribution >= 4 is 27.7 Å². The van der Waals surface area contributed by atoms with Crippen molar-refractivity contribution in [2.75, 3.05) is 19.6 Å². The third kappa shape index (κ3) is 8.67. The number of hydrogen-bond acceptors (Lipinski definition) is 2. The standard InChI is InChI=1S/C35H40BrN3O2/c1-3-5-22-38(26-33-13-10-24-37(33)25-28-14-20-32(36)21-15-28)34(40)27-39(23-6-4-2)35(41)31-18-16-30(17-19-31)29-11-8-7-9-12-29/h7-21,24H,3-6,22-23,25-27H2,1-2H3. The predicted molar refractivity (Wildman–Crippen MR) is 171 cm³/mol. The number of nitrogens with zero attached hydrogens (tertiary/aromatic N) is 3. The van der Waals surface area contributed by atoms with Gasteiger partial charge in [0, 0.05) is 41.6 Å². The number of rotatable bonds is 14. The fourth-order valence-corrected chi connectivity index (χ4v) is 5.12. The van der Waals surface area contributed by atoms with Crippen LogP contribution in [0.1, 0.15) is 61.1 Å². The van der Waals surface area contributed by atoms with Gasteiger partial charge in [-0.3, -0.25) is 9.59 Å². The SMILES string of the molecule is CCCCN(Cc1cccn1Cc1ccc(Br)cc1)C(=O)CN(CCCC)C(=O)c1ccc(-c2ccccc2)cc1. The Morgan fingerprint density at radius 2 is 1.37 bits per heavy atom. The summed E-state index contributed by atoms with van der Waals surface area (Å²) in [6, 6.07) is 30.3. The second-order valence-electron chi connectivity index (χ2n) is 10.4. The average molecular weight is 615 g/mol. The first-order valence-corrected chi connectivity index (χ1v) is 15.4. The van der Waals surface area contributed by atoms with Crippen molar-refractivity contribution in [3.8, 4) is 11.1 Å². The smallest absolute Gasteiger partial charge is 0.254 e. The molecule has 1 heterocycles. The molecule has 214 valence electrons. The van der Waals surface area contributed by atoms with Crippen LogP contribution < -0.4 is 0 Å². The zero-order valence-electron chi connectivity index (χ0n) is 24.1. The van der Waals surface area contributed by atoms with Gasteiger partial charge in [0.1, 0.15) is 6.54 Å². The average Bonchev–Trinajstić information content (AvgIpc) is 3.44. The normalized spacial score (nSPS) is 10.9. The van der Waals surface area contributed by atoms with Crippen molar-refractivity contribution in [3.05, 3.63) is 118 Å². The van der Waals surface area contributed by atoms with E-state index in [1.165, 1.54) is 5.56 Å². The van der Waals surface area contributed by atoms with E-state index < -0.39 is 0 Å². The van der Waals surface area contributed by atoms with E-state index in [1.54, 1.807) is 4.90 Å². The van der Waals surface area contributed by atoms with Crippen LogP contribution in [-0.4, -0.2) is 45.8 Å². The highest BCUT2D eigenvalue weighted by atomic mass is 79.9. The van der Waals surface area contributed by atoms with Gasteiger partial charge in [-0.05, 0) is 65.9 Å². The molecule has 6 heteroatoms. The first-order chi connectivity index (χ1) is 20.0. The fourth-order valence-electron chi connectivity index (χ4n) is 4.85. The summed E-state index contributed by atoms with van der Waals surface area (Å²) >= 11 is 3.50. The summed E-state index contributed by atoms with van der Waals surface area (Å²) in [6.07, 6.45) is 5.79. The molecule has 0 saturated carbocycles. The zero-order chi connectivity index (χ0) is 29.0. The Balaban J connectivity index is 1.48. The number of halogens is 1. The molecule has 0 atom stereocenters. The van der Waals surface area contributed by atoms with Crippen molar-refractivity contribution in [2.45, 2.75) is 52.6 Å². The third-order valence-corrected chi connectivity index (χ3v) is 7.84. The molecular formula is C35H40BrN3O2. The molecule has 1 aromatic heterocycles. The molecule has 0 radical (unpaired) electrons. The Kier molecular flexibility index (Phi) is 11.4. The van der Waals surface area contributed by atoms with Crippen molar-refractivity contribution in [2.24, 2.45) is 0 Å². The molecule has 0 aliphatic carbocycles. The molecule has 3 aromatic carbocycles. The lowest BCUT2D eigenvalue weighted by atomic mass is 10.0. The molecule has 5 nitrogen and oxygen atoms in total. The van der Waals surface area contributed by atoms with E-state index in [-0.39, 0.29) is 18.4 Å². The van der Waals surface area contributed by atoms with Gasteiger partial charge < -0.3 is 14.4 Å². The van der Waals surface area contributed by atoms with Crippen LogP contribution in [0.2, 0.25) is 0 Å². The molecule has 0 bridgehead atoms. The first-order valence-electron chi connectivity index (χ1n) is 14.6. The summed E-state index contributed by atoms with van der Waals surface area (Å²) in [5.74, 6) is -0.110. The molecule has 0 fully saturated rings. The Morgan fingerprint density at radius 1 is 0.732 bits per heavy atom. The van der Waals surface area contributed by atoms with Crippen molar-refractivity contribution in [1.29, 1.82) is 0 Å². The van der Waals surface area contributed by atoms with Crippen LogP contribution in [0, 0.1) is 0 Å². The van der Waals surface area contributed by atoms with Crippen LogP contribution in [0.4, 0.5) is 0 Å². The zero-order valence-corrected chi connectivity index (χ0v) is 25.7. The molecule has 0 spiro atoms. The maximum Gasteiger partial charge on any atom is 0.254 e. The van der Waals surface area contributed by atoms with E-state index in [1.807, 2.05) is 65.6 Å². The van der Waals surface area contributed by atoms with Crippen LogP contribution in [0.3, 0.4) is 0 Å². The van der Waals surface area contributed by atoms with E-state index in [2.05, 4.69) is 70.9 Å². The summed E-state index contributed by atoms with van der Waals surface area (Å²) in [4.78, 5) is 31.0. The Bertz CT molecular complexity index is 1380. The maximum absolute atomic E-state index is 13.7. The monoisotopic (exact) mass is 613 g/mol. The van der Waals surface area contributed by atoms with Gasteiger partial charge in [-0.25, -0.2) is 0 Å². The lowest BCUT2D eigenvalue weighted by Gasteiger charge is -2.28. The van der Waals surface area contributed by atoms with Gasteiger partial charge >= 0.3 is 0 Å². The van der Waals surface area contributed by atoms with Crippen LogP contribution in [0.5, 0.6) is 0 Å². The second-order valence-corrected chi connectivity index (χ2v) is 11.4.